The van der Waals surface area contributed by atoms with Gasteiger partial charge in [-0.05, 0) is 60.7 Å². The van der Waals surface area contributed by atoms with Crippen molar-refractivity contribution in [2.75, 3.05) is 0 Å². The van der Waals surface area contributed by atoms with Crippen LogP contribution in [0.2, 0.25) is 0 Å². The maximum atomic E-state index is 6.67. The molecule has 0 aliphatic carbocycles. The first-order chi connectivity index (χ1) is 28.3. The Labute approximate surface area is 324 Å². The van der Waals surface area contributed by atoms with Crippen LogP contribution in [0.5, 0.6) is 0 Å². The van der Waals surface area contributed by atoms with Crippen LogP contribution in [-0.2, 0) is 0 Å². The van der Waals surface area contributed by atoms with Crippen LogP contribution in [0.1, 0.15) is 0 Å². The summed E-state index contributed by atoms with van der Waals surface area (Å²) < 4.78 is 11.4. The summed E-state index contributed by atoms with van der Waals surface area (Å²) in [4.78, 5) is 15.6. The van der Waals surface area contributed by atoms with E-state index in [1.165, 1.54) is 38.0 Å². The van der Waals surface area contributed by atoms with Crippen molar-refractivity contribution >= 4 is 81.8 Å². The summed E-state index contributed by atoms with van der Waals surface area (Å²) in [5.41, 5.74) is 11.4. The van der Waals surface area contributed by atoms with Gasteiger partial charge in [0, 0.05) is 65.5 Å². The lowest BCUT2D eigenvalue weighted by atomic mass is 10.0. The van der Waals surface area contributed by atoms with Crippen molar-refractivity contribution in [3.63, 3.8) is 0 Å². The summed E-state index contributed by atoms with van der Waals surface area (Å²) in [5, 5.41) is 9.23. The second-order valence-electron chi connectivity index (χ2n) is 14.8. The molecular weight excluding hydrogens is 699 g/mol. The van der Waals surface area contributed by atoms with E-state index in [2.05, 4.69) is 155 Å². The summed E-state index contributed by atoms with van der Waals surface area (Å²) in [7, 11) is 0. The van der Waals surface area contributed by atoms with Gasteiger partial charge in [-0.25, -0.2) is 15.0 Å². The molecule has 0 saturated heterocycles. The number of nitrogens with zero attached hydrogens (tertiary/aromatic N) is 5. The summed E-state index contributed by atoms with van der Waals surface area (Å²) in [6, 6.07) is 61.7. The van der Waals surface area contributed by atoms with Gasteiger partial charge >= 0.3 is 0 Å². The highest BCUT2D eigenvalue weighted by Crippen LogP contribution is 2.44. The van der Waals surface area contributed by atoms with Crippen molar-refractivity contribution < 1.29 is 4.42 Å². The normalized spacial score (nSPS) is 12.2. The smallest absolute Gasteiger partial charge is 0.164 e. The molecule has 5 heterocycles. The predicted molar refractivity (Wildman–Crippen MR) is 232 cm³/mol. The van der Waals surface area contributed by atoms with Gasteiger partial charge in [-0.2, -0.15) is 0 Å². The first kappa shape index (κ1) is 30.5. The second-order valence-corrected chi connectivity index (χ2v) is 14.8. The molecule has 0 N–H and O–H groups in total. The minimum absolute atomic E-state index is 0.594. The fourth-order valence-corrected chi connectivity index (χ4v) is 9.24. The van der Waals surface area contributed by atoms with Crippen molar-refractivity contribution in [1.82, 2.24) is 23.9 Å². The Hall–Kier alpha value is -7.83. The number of aromatic nitrogens is 5. The standard InChI is InChI=1S/C51H29N5O/c1-3-13-30(14-4-1)49-52-50(31-25-26-43-38(27-31)34-18-8-9-22-41(34)55(43)32-15-5-2-6-16-32)54-51(53-49)37-21-12-24-45-47(37)40-28-44-39(29-46(40)57-45)36-20-11-19-35-33-17-7-10-23-42(33)56(44)48(35)36/h1-29H. The maximum absolute atomic E-state index is 6.67. The third-order valence-corrected chi connectivity index (χ3v) is 11.7. The molecule has 6 heteroatoms. The molecule has 57 heavy (non-hydrogen) atoms. The molecule has 0 radical (unpaired) electrons. The van der Waals surface area contributed by atoms with Crippen LogP contribution in [0.25, 0.3) is 122 Å². The minimum atomic E-state index is 0.594. The molecule has 0 aliphatic heterocycles. The van der Waals surface area contributed by atoms with Crippen molar-refractivity contribution in [2.45, 2.75) is 0 Å². The molecule has 0 unspecified atom stereocenters. The van der Waals surface area contributed by atoms with Crippen LogP contribution in [0.3, 0.4) is 0 Å². The topological polar surface area (TPSA) is 61.2 Å². The lowest BCUT2D eigenvalue weighted by Gasteiger charge is -2.10. The number of fused-ring (bicyclic) bond motifs is 12. The largest absolute Gasteiger partial charge is 0.456 e. The highest BCUT2D eigenvalue weighted by molar-refractivity contribution is 6.26. The quantitative estimate of drug-likeness (QED) is 0.181. The minimum Gasteiger partial charge on any atom is -0.456 e. The monoisotopic (exact) mass is 727 g/mol. The van der Waals surface area contributed by atoms with Gasteiger partial charge < -0.3 is 13.4 Å². The summed E-state index contributed by atoms with van der Waals surface area (Å²) >= 11 is 0. The van der Waals surface area contributed by atoms with Gasteiger partial charge in [-0.3, -0.25) is 0 Å². The summed E-state index contributed by atoms with van der Waals surface area (Å²) in [6.45, 7) is 0. The van der Waals surface area contributed by atoms with E-state index < -0.39 is 0 Å². The van der Waals surface area contributed by atoms with Crippen LogP contribution >= 0.6 is 0 Å². The Bertz CT molecular complexity index is 3750. The number of rotatable bonds is 4. The molecule has 0 fully saturated rings. The number of para-hydroxylation sites is 4. The van der Waals surface area contributed by atoms with E-state index in [4.69, 9.17) is 19.4 Å². The van der Waals surface area contributed by atoms with E-state index in [-0.39, 0.29) is 0 Å². The highest BCUT2D eigenvalue weighted by Gasteiger charge is 2.22. The molecule has 0 atom stereocenters. The molecule has 5 aromatic heterocycles. The zero-order valence-corrected chi connectivity index (χ0v) is 30.4. The zero-order chi connectivity index (χ0) is 37.2. The van der Waals surface area contributed by atoms with Gasteiger partial charge in [-0.1, -0.05) is 115 Å². The van der Waals surface area contributed by atoms with Crippen LogP contribution in [0.4, 0.5) is 0 Å². The fraction of sp³-hybridized carbons (Fsp3) is 0. The number of furan rings is 1. The Morgan fingerprint density at radius 1 is 0.368 bits per heavy atom. The van der Waals surface area contributed by atoms with E-state index in [0.717, 1.165) is 66.3 Å². The molecule has 0 aliphatic rings. The first-order valence-electron chi connectivity index (χ1n) is 19.2. The summed E-state index contributed by atoms with van der Waals surface area (Å²) in [6.07, 6.45) is 0. The number of benzene rings is 8. The highest BCUT2D eigenvalue weighted by atomic mass is 16.3. The van der Waals surface area contributed by atoms with Crippen molar-refractivity contribution in [2.24, 2.45) is 0 Å². The molecule has 0 amide bonds. The van der Waals surface area contributed by atoms with Crippen molar-refractivity contribution in [1.29, 1.82) is 0 Å². The predicted octanol–water partition coefficient (Wildman–Crippen LogP) is 13.0. The lowest BCUT2D eigenvalue weighted by Crippen LogP contribution is -2.00. The Kier molecular flexibility index (Phi) is 6.07. The van der Waals surface area contributed by atoms with Crippen LogP contribution in [-0.4, -0.2) is 23.9 Å². The average Bonchev–Trinajstić information content (AvgIpc) is 4.01. The third kappa shape index (κ3) is 4.26. The van der Waals surface area contributed by atoms with Crippen LogP contribution in [0.15, 0.2) is 180 Å². The van der Waals surface area contributed by atoms with E-state index in [1.54, 1.807) is 0 Å². The first-order valence-corrected chi connectivity index (χ1v) is 19.2. The van der Waals surface area contributed by atoms with Gasteiger partial charge in [0.15, 0.2) is 17.5 Å². The molecule has 0 saturated carbocycles. The molecule has 6 nitrogen and oxygen atoms in total. The summed E-state index contributed by atoms with van der Waals surface area (Å²) in [5.74, 6) is 1.82. The zero-order valence-electron chi connectivity index (χ0n) is 30.4. The van der Waals surface area contributed by atoms with Gasteiger partial charge in [0.05, 0.1) is 27.6 Å². The Morgan fingerprint density at radius 3 is 1.81 bits per heavy atom. The van der Waals surface area contributed by atoms with E-state index in [0.29, 0.717) is 17.5 Å². The molecule has 8 aromatic carbocycles. The molecule has 13 aromatic rings. The average molecular weight is 728 g/mol. The number of hydrogen-bond acceptors (Lipinski definition) is 4. The van der Waals surface area contributed by atoms with Gasteiger partial charge in [0.25, 0.3) is 0 Å². The molecule has 13 rings (SSSR count). The lowest BCUT2D eigenvalue weighted by molar-refractivity contribution is 0.669. The van der Waals surface area contributed by atoms with Gasteiger partial charge in [-0.15, -0.1) is 0 Å². The van der Waals surface area contributed by atoms with Crippen LogP contribution < -0.4 is 0 Å². The SMILES string of the molecule is c1ccc(-c2nc(-c3ccc4c(c3)c3ccccc3n4-c3ccccc3)nc(-c3cccc4oc5cc6c7cccc8c9ccccc9n(c6cc5c34)c87)n2)cc1. The second kappa shape index (κ2) is 11.4. The number of hydrogen-bond donors (Lipinski definition) is 0. The van der Waals surface area contributed by atoms with Gasteiger partial charge in [0.1, 0.15) is 11.2 Å². The molecule has 0 bridgehead atoms. The van der Waals surface area contributed by atoms with E-state index in [9.17, 15) is 0 Å². The van der Waals surface area contributed by atoms with Crippen molar-refractivity contribution in [3.05, 3.63) is 176 Å². The Balaban J connectivity index is 1.07. The van der Waals surface area contributed by atoms with E-state index >= 15 is 0 Å². The van der Waals surface area contributed by atoms with E-state index in [1.807, 2.05) is 30.3 Å². The van der Waals surface area contributed by atoms with Gasteiger partial charge in [0.2, 0.25) is 0 Å². The van der Waals surface area contributed by atoms with Crippen molar-refractivity contribution in [3.8, 4) is 39.9 Å². The Morgan fingerprint density at radius 2 is 0.982 bits per heavy atom. The molecule has 264 valence electrons. The maximum Gasteiger partial charge on any atom is 0.164 e. The third-order valence-electron chi connectivity index (χ3n) is 11.7. The van der Waals surface area contributed by atoms with Crippen LogP contribution in [0, 0.1) is 0 Å². The molecule has 0 spiro atoms. The fourth-order valence-electron chi connectivity index (χ4n) is 9.24. The molecular formula is C51H29N5O.